The summed E-state index contributed by atoms with van der Waals surface area (Å²) in [7, 11) is 0. The second-order valence-corrected chi connectivity index (χ2v) is 11.9. The van der Waals surface area contributed by atoms with Crippen LogP contribution in [0.3, 0.4) is 0 Å². The van der Waals surface area contributed by atoms with Gasteiger partial charge in [0.15, 0.2) is 23.0 Å². The number of alkyl halides is 1. The highest BCUT2D eigenvalue weighted by atomic mass is 35.5. The molecule has 7 aromatic rings. The van der Waals surface area contributed by atoms with Gasteiger partial charge >= 0.3 is 0 Å². The Morgan fingerprint density at radius 2 is 1.40 bits per heavy atom. The molecule has 16 nitrogen and oxygen atoms in total. The summed E-state index contributed by atoms with van der Waals surface area (Å²) in [5, 5.41) is 37.9. The number of benzene rings is 2. The Bertz CT molecular complexity index is 2600. The van der Waals surface area contributed by atoms with Gasteiger partial charge in [-0.15, -0.1) is 0 Å². The van der Waals surface area contributed by atoms with Crippen LogP contribution in [0, 0.1) is 34.3 Å². The smallest absolute Gasteiger partial charge is 0.182 e. The summed E-state index contributed by atoms with van der Waals surface area (Å²) in [4.78, 5) is 12.6. The summed E-state index contributed by atoms with van der Waals surface area (Å²) in [6, 6.07) is 23.7. The molecule has 0 radical (unpaired) electrons. The fourth-order valence-corrected chi connectivity index (χ4v) is 5.54. The zero-order valence-corrected chi connectivity index (χ0v) is 28.9. The average Bonchev–Trinajstić information content (AvgIpc) is 4.05. The minimum atomic E-state index is -0.793. The Balaban J connectivity index is 0.000000169. The van der Waals surface area contributed by atoms with E-state index < -0.39 is 5.50 Å². The largest absolute Gasteiger partial charge is 0.364 e. The number of rotatable bonds is 9. The van der Waals surface area contributed by atoms with Crippen LogP contribution >= 0.6 is 11.6 Å². The van der Waals surface area contributed by atoms with Gasteiger partial charge in [0.25, 0.3) is 0 Å². The number of nitrogens with two attached hydrogens (primary N) is 1. The molecule has 0 bridgehead atoms. The number of anilines is 1. The quantitative estimate of drug-likeness (QED) is 0.0728. The lowest BCUT2D eigenvalue weighted by atomic mass is 10.2. The summed E-state index contributed by atoms with van der Waals surface area (Å²) >= 11 is 6.09. The number of hydrazine groups is 1. The number of nitrogens with one attached hydrogen (secondary N) is 2. The van der Waals surface area contributed by atoms with Crippen molar-refractivity contribution in [2.75, 3.05) is 5.43 Å². The fourth-order valence-electron chi connectivity index (χ4n) is 5.33. The number of nitrogens with zero attached hydrogens (tertiary/aromatic N) is 11. The predicted molar refractivity (Wildman–Crippen MR) is 193 cm³/mol. The van der Waals surface area contributed by atoms with E-state index in [1.54, 1.807) is 70.0 Å². The highest BCUT2D eigenvalue weighted by molar-refractivity contribution is 6.24. The Morgan fingerprint density at radius 1 is 0.818 bits per heavy atom. The minimum Gasteiger partial charge on any atom is -0.364 e. The van der Waals surface area contributed by atoms with E-state index in [-0.39, 0.29) is 41.9 Å². The first-order valence-electron chi connectivity index (χ1n) is 16.1. The number of nitriles is 2. The SMILES string of the molecule is N#CC1=CNC(c2cc(-c3ccon3)n(Cc3ccccc3F)n2)=NC1Cl.N#Cc1cnc(-c2cc(-c3ccon3)n(Cc3ccccc3F)n2)nc1NN. The molecule has 272 valence electrons. The molecule has 6 heterocycles. The van der Waals surface area contributed by atoms with Crippen molar-refractivity contribution in [2.45, 2.75) is 18.6 Å². The Hall–Kier alpha value is -7.54. The number of hydrogen-bond acceptors (Lipinski definition) is 14. The van der Waals surface area contributed by atoms with E-state index in [2.05, 4.69) is 46.2 Å². The van der Waals surface area contributed by atoms with Gasteiger partial charge < -0.3 is 19.8 Å². The molecular formula is C36H25ClF2N14O2. The summed E-state index contributed by atoms with van der Waals surface area (Å²) in [5.74, 6) is 5.60. The van der Waals surface area contributed by atoms with Crippen LogP contribution in [0.1, 0.15) is 22.4 Å². The number of aliphatic imine (C=N–C) groups is 1. The molecule has 8 rings (SSSR count). The number of halogens is 3. The molecule has 2 aromatic carbocycles. The van der Waals surface area contributed by atoms with E-state index in [0.717, 1.165) is 0 Å². The van der Waals surface area contributed by atoms with E-state index in [4.69, 9.17) is 37.0 Å². The van der Waals surface area contributed by atoms with Gasteiger partial charge in [0.2, 0.25) is 0 Å². The van der Waals surface area contributed by atoms with Gasteiger partial charge in [0.05, 0.1) is 42.3 Å². The second kappa shape index (κ2) is 16.0. The lowest BCUT2D eigenvalue weighted by molar-refractivity contribution is 0.421. The Kier molecular flexibility index (Phi) is 10.4. The number of nitrogen functional groups attached to an aromatic ring is 1. The molecule has 1 unspecified atom stereocenters. The predicted octanol–water partition coefficient (Wildman–Crippen LogP) is 5.39. The van der Waals surface area contributed by atoms with Crippen molar-refractivity contribution < 1.29 is 17.8 Å². The summed E-state index contributed by atoms with van der Waals surface area (Å²) in [5.41, 5.74) is 6.25. The number of amidine groups is 1. The topological polar surface area (TPSA) is 223 Å². The average molecular weight is 759 g/mol. The molecule has 19 heteroatoms. The van der Waals surface area contributed by atoms with Crippen LogP contribution in [-0.4, -0.2) is 51.2 Å². The van der Waals surface area contributed by atoms with Gasteiger partial charge in [-0.2, -0.15) is 20.7 Å². The maximum absolute atomic E-state index is 14.1. The maximum atomic E-state index is 14.1. The second-order valence-electron chi connectivity index (χ2n) is 11.5. The standard InChI is InChI=1S/C18H12ClFN6O.C18H13FN8O/c19-17-12(8-21)9-22-18(23-17)15-7-16(14-5-6-27-25-14)26(24-15)10-11-3-1-2-4-13(11)20;19-13-4-2-1-3-11(13)10-27-16(14-5-6-28-26-14)7-15(25-27)18-22-9-12(8-20)17(23-18)24-21/h1-7,9,17H,10H2,(H,22,23);1-7,9H,10,21H2,(H,22,23,24). The van der Waals surface area contributed by atoms with Crippen LogP contribution in [0.2, 0.25) is 0 Å². The van der Waals surface area contributed by atoms with Crippen LogP contribution < -0.4 is 16.6 Å². The van der Waals surface area contributed by atoms with E-state index in [1.807, 2.05) is 12.1 Å². The monoisotopic (exact) mass is 758 g/mol. The molecule has 0 saturated heterocycles. The van der Waals surface area contributed by atoms with Crippen LogP contribution in [0.15, 0.2) is 117 Å². The van der Waals surface area contributed by atoms with Gasteiger partial charge in [-0.25, -0.2) is 29.6 Å². The molecule has 55 heavy (non-hydrogen) atoms. The van der Waals surface area contributed by atoms with Crippen LogP contribution in [-0.2, 0) is 13.1 Å². The highest BCUT2D eigenvalue weighted by Gasteiger charge is 2.22. The molecule has 1 atom stereocenters. The van der Waals surface area contributed by atoms with E-state index in [1.165, 1.54) is 37.1 Å². The van der Waals surface area contributed by atoms with Gasteiger partial charge in [0, 0.05) is 29.5 Å². The first-order valence-corrected chi connectivity index (χ1v) is 16.6. The molecule has 0 spiro atoms. The van der Waals surface area contributed by atoms with Crippen molar-refractivity contribution in [3.8, 4) is 46.4 Å². The fraction of sp³-hybridized carbons (Fsp3) is 0.0833. The Morgan fingerprint density at radius 3 is 1.91 bits per heavy atom. The maximum Gasteiger partial charge on any atom is 0.182 e. The first kappa shape index (κ1) is 35.8. The number of hydrogen-bond donors (Lipinski definition) is 3. The third-order valence-corrected chi connectivity index (χ3v) is 8.36. The van der Waals surface area contributed by atoms with Crippen LogP contribution in [0.5, 0.6) is 0 Å². The van der Waals surface area contributed by atoms with Gasteiger partial charge in [-0.05, 0) is 24.3 Å². The Labute approximate surface area is 314 Å². The molecular weight excluding hydrogens is 734 g/mol. The van der Waals surface area contributed by atoms with Crippen molar-refractivity contribution in [1.29, 1.82) is 10.5 Å². The van der Waals surface area contributed by atoms with E-state index >= 15 is 0 Å². The highest BCUT2D eigenvalue weighted by Crippen LogP contribution is 2.26. The molecule has 0 fully saturated rings. The summed E-state index contributed by atoms with van der Waals surface area (Å²) < 4.78 is 41.2. The molecule has 0 amide bonds. The molecule has 5 aromatic heterocycles. The zero-order chi connectivity index (χ0) is 38.3. The molecule has 1 aliphatic rings. The van der Waals surface area contributed by atoms with Crippen molar-refractivity contribution in [1.82, 2.24) is 45.2 Å². The van der Waals surface area contributed by atoms with Gasteiger partial charge in [0.1, 0.15) is 58.6 Å². The summed E-state index contributed by atoms with van der Waals surface area (Å²) in [6.07, 6.45) is 5.72. The molecule has 0 saturated carbocycles. The third kappa shape index (κ3) is 7.81. The number of aromatic nitrogens is 8. The van der Waals surface area contributed by atoms with Crippen molar-refractivity contribution >= 4 is 23.3 Å². The van der Waals surface area contributed by atoms with Crippen LogP contribution in [0.4, 0.5) is 14.6 Å². The van der Waals surface area contributed by atoms with Crippen molar-refractivity contribution in [3.63, 3.8) is 0 Å². The van der Waals surface area contributed by atoms with Crippen molar-refractivity contribution in [3.05, 3.63) is 137 Å². The molecule has 1 aliphatic heterocycles. The van der Waals surface area contributed by atoms with E-state index in [0.29, 0.717) is 56.7 Å². The van der Waals surface area contributed by atoms with Gasteiger partial charge in [-0.1, -0.05) is 58.3 Å². The first-order chi connectivity index (χ1) is 26.8. The minimum absolute atomic E-state index is 0.174. The summed E-state index contributed by atoms with van der Waals surface area (Å²) in [6.45, 7) is 0.374. The zero-order valence-electron chi connectivity index (χ0n) is 28.2. The molecule has 0 aliphatic carbocycles. The van der Waals surface area contributed by atoms with Crippen molar-refractivity contribution in [2.24, 2.45) is 10.8 Å². The van der Waals surface area contributed by atoms with E-state index in [9.17, 15) is 8.78 Å². The normalized spacial score (nSPS) is 13.4. The van der Waals surface area contributed by atoms with Crippen LogP contribution in [0.25, 0.3) is 34.3 Å². The lowest BCUT2D eigenvalue weighted by Crippen LogP contribution is -2.27. The third-order valence-electron chi connectivity index (χ3n) is 8.03. The lowest BCUT2D eigenvalue weighted by Gasteiger charge is -2.13. The van der Waals surface area contributed by atoms with Gasteiger partial charge in [-0.3, -0.25) is 9.36 Å². The molecule has 4 N–H and O–H groups in total.